The number of aromatic nitrogens is 4. The highest BCUT2D eigenvalue weighted by Crippen LogP contribution is 2.31. The second-order valence-electron chi connectivity index (χ2n) is 8.22. The van der Waals surface area contributed by atoms with E-state index in [2.05, 4.69) is 31.1 Å². The SMILES string of the molecule is COc1cccc(CNC(=O)CSc2nnc(-c3c[nH]c4ccccc34)n2CC2CCCO2)c1. The zero-order valence-corrected chi connectivity index (χ0v) is 19.8. The number of aromatic amines is 1. The van der Waals surface area contributed by atoms with E-state index in [1.54, 1.807) is 7.11 Å². The van der Waals surface area contributed by atoms with Crippen molar-refractivity contribution in [3.8, 4) is 17.1 Å². The summed E-state index contributed by atoms with van der Waals surface area (Å²) < 4.78 is 13.2. The van der Waals surface area contributed by atoms with E-state index in [4.69, 9.17) is 9.47 Å². The van der Waals surface area contributed by atoms with Crippen molar-refractivity contribution in [2.45, 2.75) is 37.2 Å². The molecule has 1 atom stereocenters. The smallest absolute Gasteiger partial charge is 0.230 e. The maximum Gasteiger partial charge on any atom is 0.230 e. The molecule has 176 valence electrons. The molecule has 0 saturated carbocycles. The quantitative estimate of drug-likeness (QED) is 0.354. The second kappa shape index (κ2) is 10.3. The Morgan fingerprint density at radius 3 is 3.03 bits per heavy atom. The molecule has 0 spiro atoms. The van der Waals surface area contributed by atoms with Crippen LogP contribution in [0, 0.1) is 0 Å². The van der Waals surface area contributed by atoms with Gasteiger partial charge in [0.2, 0.25) is 5.91 Å². The van der Waals surface area contributed by atoms with Crippen molar-refractivity contribution in [2.75, 3.05) is 19.5 Å². The fraction of sp³-hybridized carbons (Fsp3) is 0.320. The van der Waals surface area contributed by atoms with Crippen LogP contribution < -0.4 is 10.1 Å². The van der Waals surface area contributed by atoms with Gasteiger partial charge in [-0.1, -0.05) is 42.1 Å². The van der Waals surface area contributed by atoms with Gasteiger partial charge in [-0.25, -0.2) is 0 Å². The molecule has 5 rings (SSSR count). The van der Waals surface area contributed by atoms with E-state index in [-0.39, 0.29) is 17.8 Å². The number of carbonyl (C=O) groups excluding carboxylic acids is 1. The van der Waals surface area contributed by atoms with Crippen LogP contribution in [0.5, 0.6) is 5.75 Å². The summed E-state index contributed by atoms with van der Waals surface area (Å²) in [6, 6.07) is 15.8. The summed E-state index contributed by atoms with van der Waals surface area (Å²) in [7, 11) is 1.63. The number of ether oxygens (including phenoxy) is 2. The van der Waals surface area contributed by atoms with Crippen LogP contribution in [0.2, 0.25) is 0 Å². The molecule has 2 aromatic heterocycles. The Hall–Kier alpha value is -3.30. The highest BCUT2D eigenvalue weighted by Gasteiger charge is 2.23. The van der Waals surface area contributed by atoms with Crippen LogP contribution >= 0.6 is 11.8 Å². The second-order valence-corrected chi connectivity index (χ2v) is 9.16. The van der Waals surface area contributed by atoms with Crippen molar-refractivity contribution < 1.29 is 14.3 Å². The molecule has 34 heavy (non-hydrogen) atoms. The lowest BCUT2D eigenvalue weighted by molar-refractivity contribution is -0.118. The van der Waals surface area contributed by atoms with E-state index in [0.717, 1.165) is 53.1 Å². The maximum absolute atomic E-state index is 12.6. The molecule has 2 N–H and O–H groups in total. The minimum absolute atomic E-state index is 0.0619. The van der Waals surface area contributed by atoms with E-state index < -0.39 is 0 Å². The first kappa shape index (κ1) is 22.5. The van der Waals surface area contributed by atoms with Gasteiger partial charge >= 0.3 is 0 Å². The molecule has 1 amide bonds. The molecule has 4 aromatic rings. The first-order valence-electron chi connectivity index (χ1n) is 11.3. The summed E-state index contributed by atoms with van der Waals surface area (Å²) in [4.78, 5) is 15.9. The van der Waals surface area contributed by atoms with E-state index in [0.29, 0.717) is 18.2 Å². The van der Waals surface area contributed by atoms with Gasteiger partial charge in [0.05, 0.1) is 25.5 Å². The highest BCUT2D eigenvalue weighted by molar-refractivity contribution is 7.99. The minimum Gasteiger partial charge on any atom is -0.497 e. The van der Waals surface area contributed by atoms with Gasteiger partial charge in [0.1, 0.15) is 5.75 Å². The summed E-state index contributed by atoms with van der Waals surface area (Å²) in [6.07, 6.45) is 4.16. The fourth-order valence-corrected chi connectivity index (χ4v) is 4.95. The van der Waals surface area contributed by atoms with E-state index in [1.807, 2.05) is 48.7 Å². The maximum atomic E-state index is 12.6. The molecule has 8 nitrogen and oxygen atoms in total. The van der Waals surface area contributed by atoms with Gasteiger partial charge in [-0.2, -0.15) is 0 Å². The molecular formula is C25H27N5O3S. The van der Waals surface area contributed by atoms with Gasteiger partial charge in [0.15, 0.2) is 11.0 Å². The van der Waals surface area contributed by atoms with Crippen molar-refractivity contribution in [3.05, 3.63) is 60.3 Å². The summed E-state index contributed by atoms with van der Waals surface area (Å²) in [5, 5.41) is 13.7. The molecule has 1 saturated heterocycles. The Bertz CT molecular complexity index is 1280. The molecule has 2 aromatic carbocycles. The minimum atomic E-state index is -0.0619. The Morgan fingerprint density at radius 2 is 2.18 bits per heavy atom. The van der Waals surface area contributed by atoms with Crippen LogP contribution in [0.3, 0.4) is 0 Å². The average molecular weight is 478 g/mol. The summed E-state index contributed by atoms with van der Waals surface area (Å²) in [6.45, 7) is 1.89. The van der Waals surface area contributed by atoms with Crippen LogP contribution in [0.1, 0.15) is 18.4 Å². The molecule has 3 heterocycles. The van der Waals surface area contributed by atoms with Gasteiger partial charge < -0.3 is 19.8 Å². The molecule has 1 aliphatic rings. The Morgan fingerprint density at radius 1 is 1.26 bits per heavy atom. The zero-order valence-electron chi connectivity index (χ0n) is 19.0. The van der Waals surface area contributed by atoms with Crippen molar-refractivity contribution >= 4 is 28.6 Å². The number of hydrogen-bond acceptors (Lipinski definition) is 6. The molecule has 0 bridgehead atoms. The number of amides is 1. The van der Waals surface area contributed by atoms with Crippen LogP contribution in [0.4, 0.5) is 0 Å². The Balaban J connectivity index is 1.31. The Labute approximate surface area is 202 Å². The number of rotatable bonds is 9. The number of thioether (sulfide) groups is 1. The number of carbonyl (C=O) groups is 1. The van der Waals surface area contributed by atoms with Crippen molar-refractivity contribution in [3.63, 3.8) is 0 Å². The third kappa shape index (κ3) is 4.95. The lowest BCUT2D eigenvalue weighted by Crippen LogP contribution is -2.25. The van der Waals surface area contributed by atoms with Crippen molar-refractivity contribution in [2.24, 2.45) is 0 Å². The van der Waals surface area contributed by atoms with E-state index in [1.165, 1.54) is 11.8 Å². The monoisotopic (exact) mass is 477 g/mol. The number of fused-ring (bicyclic) bond motifs is 1. The van der Waals surface area contributed by atoms with Gasteiger partial charge in [-0.3, -0.25) is 9.36 Å². The number of benzene rings is 2. The molecule has 9 heteroatoms. The molecule has 1 aliphatic heterocycles. The van der Waals surface area contributed by atoms with Crippen molar-refractivity contribution in [1.29, 1.82) is 0 Å². The normalized spacial score (nSPS) is 15.6. The van der Waals surface area contributed by atoms with E-state index >= 15 is 0 Å². The molecule has 0 aliphatic carbocycles. The third-order valence-electron chi connectivity index (χ3n) is 5.91. The van der Waals surface area contributed by atoms with Crippen LogP contribution in [-0.4, -0.2) is 51.2 Å². The molecule has 1 fully saturated rings. The van der Waals surface area contributed by atoms with Crippen LogP contribution in [0.15, 0.2) is 59.9 Å². The molecule has 0 radical (unpaired) electrons. The number of nitrogens with zero attached hydrogens (tertiary/aromatic N) is 3. The predicted octanol–water partition coefficient (Wildman–Crippen LogP) is 4.02. The first-order chi connectivity index (χ1) is 16.7. The Kier molecular flexibility index (Phi) is 6.82. The van der Waals surface area contributed by atoms with Crippen LogP contribution in [-0.2, 0) is 22.6 Å². The van der Waals surface area contributed by atoms with Gasteiger partial charge in [0.25, 0.3) is 0 Å². The van der Waals surface area contributed by atoms with Gasteiger partial charge in [-0.05, 0) is 36.6 Å². The number of nitrogens with one attached hydrogen (secondary N) is 2. The average Bonchev–Trinajstić information content (AvgIpc) is 3.62. The number of H-pyrrole nitrogens is 1. The largest absolute Gasteiger partial charge is 0.497 e. The topological polar surface area (TPSA) is 94.1 Å². The number of hydrogen-bond donors (Lipinski definition) is 2. The number of para-hydroxylation sites is 1. The van der Waals surface area contributed by atoms with Crippen LogP contribution in [0.25, 0.3) is 22.3 Å². The van der Waals surface area contributed by atoms with E-state index in [9.17, 15) is 4.79 Å². The highest BCUT2D eigenvalue weighted by atomic mass is 32.2. The lowest BCUT2D eigenvalue weighted by atomic mass is 10.1. The predicted molar refractivity (Wildman–Crippen MR) is 132 cm³/mol. The molecular weight excluding hydrogens is 450 g/mol. The molecule has 1 unspecified atom stereocenters. The third-order valence-corrected chi connectivity index (χ3v) is 6.88. The summed E-state index contributed by atoms with van der Waals surface area (Å²) >= 11 is 1.39. The van der Waals surface area contributed by atoms with Gasteiger partial charge in [0, 0.05) is 35.8 Å². The van der Waals surface area contributed by atoms with Crippen molar-refractivity contribution in [1.82, 2.24) is 25.1 Å². The summed E-state index contributed by atoms with van der Waals surface area (Å²) in [5.74, 6) is 1.75. The standard InChI is InChI=1S/C25H27N5O3S/c1-32-18-7-4-6-17(12-18)13-27-23(31)16-34-25-29-28-24(30(25)15-19-8-5-11-33-19)21-14-26-22-10-3-2-9-20(21)22/h2-4,6-7,9-10,12,14,19,26H,5,8,11,13,15-16H2,1H3,(H,27,31). The summed E-state index contributed by atoms with van der Waals surface area (Å²) in [5.41, 5.74) is 3.03. The fourth-order valence-electron chi connectivity index (χ4n) is 4.17. The zero-order chi connectivity index (χ0) is 23.3. The first-order valence-corrected chi connectivity index (χ1v) is 12.3. The lowest BCUT2D eigenvalue weighted by Gasteiger charge is -2.14. The number of methoxy groups -OCH3 is 1. The van der Waals surface area contributed by atoms with Gasteiger partial charge in [-0.15, -0.1) is 10.2 Å².